The van der Waals surface area contributed by atoms with Gasteiger partial charge in [0.05, 0.1) is 28.5 Å². The van der Waals surface area contributed by atoms with E-state index in [-0.39, 0.29) is 48.9 Å². The van der Waals surface area contributed by atoms with Gasteiger partial charge < -0.3 is 19.9 Å². The van der Waals surface area contributed by atoms with Crippen molar-refractivity contribution >= 4 is 46.8 Å². The van der Waals surface area contributed by atoms with Crippen molar-refractivity contribution in [3.63, 3.8) is 0 Å². The fourth-order valence-electron chi connectivity index (χ4n) is 3.86. The Balaban J connectivity index is 1.81. The second-order valence-corrected chi connectivity index (χ2v) is 9.16. The van der Waals surface area contributed by atoms with Crippen molar-refractivity contribution in [2.45, 2.75) is 39.7 Å². The molecule has 3 amide bonds. The minimum atomic E-state index is -0.658. The Bertz CT molecular complexity index is 1100. The van der Waals surface area contributed by atoms with Crippen molar-refractivity contribution in [3.05, 3.63) is 51.0 Å². The molecular weight excluding hydrogens is 481 g/mol. The van der Waals surface area contributed by atoms with E-state index in [4.69, 9.17) is 27.9 Å². The number of esters is 1. The van der Waals surface area contributed by atoms with Crippen molar-refractivity contribution in [1.82, 2.24) is 19.8 Å². The number of nitrogens with one attached hydrogen (secondary N) is 1. The normalized spacial score (nSPS) is 15.9. The third-order valence-corrected chi connectivity index (χ3v) is 6.19. The van der Waals surface area contributed by atoms with Gasteiger partial charge in [-0.25, -0.2) is 19.6 Å². The van der Waals surface area contributed by atoms with Crippen LogP contribution < -0.4 is 5.32 Å². The molecule has 1 atom stereocenters. The molecule has 1 aromatic carbocycles. The quantitative estimate of drug-likeness (QED) is 0.615. The maximum absolute atomic E-state index is 13.4. The summed E-state index contributed by atoms with van der Waals surface area (Å²) in [4.78, 5) is 50.7. The van der Waals surface area contributed by atoms with Gasteiger partial charge in [-0.1, -0.05) is 43.1 Å². The number of rotatable bonds is 4. The van der Waals surface area contributed by atoms with Gasteiger partial charge in [-0.05, 0) is 31.9 Å². The number of methoxy groups -OCH3 is 1. The number of hydrogen-bond acceptors (Lipinski definition) is 6. The molecule has 0 radical (unpaired) electrons. The van der Waals surface area contributed by atoms with Gasteiger partial charge in [0, 0.05) is 25.7 Å². The Kier molecular flexibility index (Phi) is 7.99. The van der Waals surface area contributed by atoms with Gasteiger partial charge in [-0.15, -0.1) is 0 Å². The van der Waals surface area contributed by atoms with Crippen LogP contribution in [-0.4, -0.2) is 70.5 Å². The molecular formula is C23H27Cl2N5O4. The smallest absolute Gasteiger partial charge is 0.342 e. The van der Waals surface area contributed by atoms with E-state index in [0.717, 1.165) is 0 Å². The number of amides is 3. The molecule has 1 aromatic heterocycles. The van der Waals surface area contributed by atoms with Crippen molar-refractivity contribution in [2.24, 2.45) is 0 Å². The summed E-state index contributed by atoms with van der Waals surface area (Å²) in [6, 6.07) is 4.28. The summed E-state index contributed by atoms with van der Waals surface area (Å²) in [7, 11) is 1.26. The highest BCUT2D eigenvalue weighted by Gasteiger charge is 2.34. The van der Waals surface area contributed by atoms with Crippen LogP contribution >= 0.6 is 23.2 Å². The second-order valence-electron chi connectivity index (χ2n) is 8.35. The number of para-hydroxylation sites is 1. The van der Waals surface area contributed by atoms with Gasteiger partial charge >= 0.3 is 12.0 Å². The minimum Gasteiger partial charge on any atom is -0.465 e. The molecule has 0 spiro atoms. The van der Waals surface area contributed by atoms with Crippen LogP contribution in [0.3, 0.4) is 0 Å². The van der Waals surface area contributed by atoms with E-state index >= 15 is 0 Å². The number of anilines is 1. The lowest BCUT2D eigenvalue weighted by molar-refractivity contribution is 0.0550. The number of aryl methyl sites for hydroxylation is 1. The summed E-state index contributed by atoms with van der Waals surface area (Å²) in [5, 5.41) is 3.41. The van der Waals surface area contributed by atoms with Crippen LogP contribution in [0.1, 0.15) is 59.1 Å². The Labute approximate surface area is 208 Å². The highest BCUT2D eigenvalue weighted by molar-refractivity contribution is 6.39. The third kappa shape index (κ3) is 5.26. The summed E-state index contributed by atoms with van der Waals surface area (Å²) >= 11 is 12.3. The Hall–Kier alpha value is -2.91. The summed E-state index contributed by atoms with van der Waals surface area (Å²) in [5.41, 5.74) is 0.887. The number of ether oxygens (including phenoxy) is 1. The number of piperazine rings is 1. The largest absolute Gasteiger partial charge is 0.465 e. The van der Waals surface area contributed by atoms with Gasteiger partial charge in [0.15, 0.2) is 0 Å². The zero-order valence-electron chi connectivity index (χ0n) is 19.7. The standard InChI is InChI=1S/C23H27Cl2N5O4/c1-12(2)18-17(22(32)34-5)20(27-14(4)26-18)21(31)29-9-10-30(13(3)11-29)23(33)28-19-15(24)7-6-8-16(19)25/h6-8,12-13H,9-11H2,1-5H3,(H,28,33). The molecule has 0 aliphatic carbocycles. The van der Waals surface area contributed by atoms with Gasteiger partial charge in [0.25, 0.3) is 5.91 Å². The first-order chi connectivity index (χ1) is 16.0. The number of halogens is 2. The lowest BCUT2D eigenvalue weighted by atomic mass is 10.0. The zero-order valence-corrected chi connectivity index (χ0v) is 21.2. The molecule has 11 heteroatoms. The predicted molar refractivity (Wildman–Crippen MR) is 130 cm³/mol. The van der Waals surface area contributed by atoms with E-state index in [2.05, 4.69) is 15.3 Å². The van der Waals surface area contributed by atoms with Crippen molar-refractivity contribution in [3.8, 4) is 0 Å². The lowest BCUT2D eigenvalue weighted by Crippen LogP contribution is -2.56. The Morgan fingerprint density at radius 1 is 1.15 bits per heavy atom. The number of carbonyl (C=O) groups is 3. The topological polar surface area (TPSA) is 105 Å². The number of nitrogens with zero attached hydrogens (tertiary/aromatic N) is 4. The van der Waals surface area contributed by atoms with E-state index < -0.39 is 11.9 Å². The monoisotopic (exact) mass is 507 g/mol. The maximum Gasteiger partial charge on any atom is 0.342 e. The number of aromatic nitrogens is 2. The van der Waals surface area contributed by atoms with Gasteiger partial charge in [0.2, 0.25) is 0 Å². The molecule has 9 nitrogen and oxygen atoms in total. The highest BCUT2D eigenvalue weighted by Crippen LogP contribution is 2.30. The summed E-state index contributed by atoms with van der Waals surface area (Å²) in [6.45, 7) is 8.06. The van der Waals surface area contributed by atoms with Crippen LogP contribution in [0.2, 0.25) is 10.0 Å². The molecule has 1 saturated heterocycles. The molecule has 1 aliphatic heterocycles. The van der Waals surface area contributed by atoms with Crippen molar-refractivity contribution in [1.29, 1.82) is 0 Å². The summed E-state index contributed by atoms with van der Waals surface area (Å²) < 4.78 is 4.92. The highest BCUT2D eigenvalue weighted by atomic mass is 35.5. The molecule has 2 aromatic rings. The van der Waals surface area contributed by atoms with E-state index in [1.807, 2.05) is 20.8 Å². The maximum atomic E-state index is 13.4. The van der Waals surface area contributed by atoms with E-state index in [0.29, 0.717) is 27.3 Å². The van der Waals surface area contributed by atoms with Gasteiger partial charge in [-0.3, -0.25) is 4.79 Å². The molecule has 2 heterocycles. The summed E-state index contributed by atoms with van der Waals surface area (Å²) in [6.07, 6.45) is 0. The average molecular weight is 508 g/mol. The molecule has 0 bridgehead atoms. The van der Waals surface area contributed by atoms with Crippen LogP contribution in [-0.2, 0) is 4.74 Å². The van der Waals surface area contributed by atoms with Crippen molar-refractivity contribution in [2.75, 3.05) is 32.1 Å². The van der Waals surface area contributed by atoms with E-state index in [9.17, 15) is 14.4 Å². The van der Waals surface area contributed by atoms with Gasteiger partial charge in [-0.2, -0.15) is 0 Å². The fraction of sp³-hybridized carbons (Fsp3) is 0.435. The first-order valence-corrected chi connectivity index (χ1v) is 11.6. The minimum absolute atomic E-state index is 0.0102. The lowest BCUT2D eigenvalue weighted by Gasteiger charge is -2.39. The van der Waals surface area contributed by atoms with Crippen LogP contribution in [0, 0.1) is 6.92 Å². The fourth-order valence-corrected chi connectivity index (χ4v) is 4.35. The first kappa shape index (κ1) is 25.7. The summed E-state index contributed by atoms with van der Waals surface area (Å²) in [5.74, 6) is -0.788. The van der Waals surface area contributed by atoms with Crippen LogP contribution in [0.5, 0.6) is 0 Å². The third-order valence-electron chi connectivity index (χ3n) is 5.56. The number of benzene rings is 1. The molecule has 182 valence electrons. The number of carbonyl (C=O) groups excluding carboxylic acids is 3. The van der Waals surface area contributed by atoms with E-state index in [1.54, 1.807) is 34.9 Å². The predicted octanol–water partition coefficient (Wildman–Crippen LogP) is 4.38. The van der Waals surface area contributed by atoms with Crippen LogP contribution in [0.25, 0.3) is 0 Å². The van der Waals surface area contributed by atoms with Gasteiger partial charge in [0.1, 0.15) is 17.1 Å². The molecule has 1 aliphatic rings. The second kappa shape index (κ2) is 10.6. The molecule has 0 saturated carbocycles. The van der Waals surface area contributed by atoms with E-state index in [1.165, 1.54) is 7.11 Å². The SMILES string of the molecule is COC(=O)c1c(C(=O)N2CCN(C(=O)Nc3c(Cl)cccc3Cl)C(C)C2)nc(C)nc1C(C)C. The Morgan fingerprint density at radius 3 is 2.35 bits per heavy atom. The Morgan fingerprint density at radius 2 is 1.79 bits per heavy atom. The van der Waals surface area contributed by atoms with Crippen molar-refractivity contribution < 1.29 is 19.1 Å². The molecule has 34 heavy (non-hydrogen) atoms. The number of urea groups is 1. The number of hydrogen-bond donors (Lipinski definition) is 1. The average Bonchev–Trinajstić information content (AvgIpc) is 2.79. The molecule has 1 unspecified atom stereocenters. The van der Waals surface area contributed by atoms with Crippen LogP contribution in [0.4, 0.5) is 10.5 Å². The van der Waals surface area contributed by atoms with Crippen LogP contribution in [0.15, 0.2) is 18.2 Å². The zero-order chi connectivity index (χ0) is 25.2. The first-order valence-electron chi connectivity index (χ1n) is 10.8. The molecule has 1 N–H and O–H groups in total. The molecule has 3 rings (SSSR count). The molecule has 1 fully saturated rings.